The summed E-state index contributed by atoms with van der Waals surface area (Å²) in [7, 11) is 1.98. The van der Waals surface area contributed by atoms with Gasteiger partial charge in [-0.2, -0.15) is 0 Å². The van der Waals surface area contributed by atoms with Crippen molar-refractivity contribution >= 4 is 39.2 Å². The average Bonchev–Trinajstić information content (AvgIpc) is 2.28. The lowest BCUT2D eigenvalue weighted by molar-refractivity contribution is 1.07. The van der Waals surface area contributed by atoms with E-state index in [9.17, 15) is 0 Å². The summed E-state index contributed by atoms with van der Waals surface area (Å²) < 4.78 is 1.24. The summed E-state index contributed by atoms with van der Waals surface area (Å²) in [5.74, 6) is 0. The number of halogens is 1. The van der Waals surface area contributed by atoms with Crippen LogP contribution in [0.5, 0.6) is 0 Å². The molecule has 2 aromatic rings. The second-order valence-electron chi connectivity index (χ2n) is 3.82. The van der Waals surface area contributed by atoms with Gasteiger partial charge in [0.2, 0.25) is 0 Å². The van der Waals surface area contributed by atoms with E-state index in [1.807, 2.05) is 7.05 Å². The Morgan fingerprint density at radius 1 is 1.38 bits per heavy atom. The third-order valence-electron chi connectivity index (χ3n) is 2.86. The Morgan fingerprint density at radius 2 is 2.12 bits per heavy atom. The first kappa shape index (κ1) is 11.6. The molecule has 1 heterocycles. The van der Waals surface area contributed by atoms with E-state index >= 15 is 0 Å². The van der Waals surface area contributed by atoms with Crippen LogP contribution in [-0.2, 0) is 6.42 Å². The molecule has 0 unspecified atom stereocenters. The van der Waals surface area contributed by atoms with Gasteiger partial charge in [-0.05, 0) is 59.7 Å². The Kier molecular flexibility index (Phi) is 3.33. The highest BCUT2D eigenvalue weighted by atomic mass is 127. The van der Waals surface area contributed by atoms with Gasteiger partial charge < -0.3 is 5.32 Å². The van der Waals surface area contributed by atoms with Gasteiger partial charge in [0, 0.05) is 27.4 Å². The van der Waals surface area contributed by atoms with Crippen LogP contribution < -0.4 is 5.32 Å². The second kappa shape index (κ2) is 4.57. The van der Waals surface area contributed by atoms with E-state index in [2.05, 4.69) is 64.9 Å². The highest BCUT2D eigenvalue weighted by Crippen LogP contribution is 2.29. The summed E-state index contributed by atoms with van der Waals surface area (Å²) in [5, 5.41) is 4.53. The van der Waals surface area contributed by atoms with Gasteiger partial charge in [-0.3, -0.25) is 4.98 Å². The van der Waals surface area contributed by atoms with E-state index in [-0.39, 0.29) is 0 Å². The van der Waals surface area contributed by atoms with Gasteiger partial charge in [0.1, 0.15) is 0 Å². The largest absolute Gasteiger partial charge is 0.387 e. The topological polar surface area (TPSA) is 24.9 Å². The van der Waals surface area contributed by atoms with Gasteiger partial charge in [-0.15, -0.1) is 0 Å². The van der Waals surface area contributed by atoms with E-state index in [1.165, 1.54) is 20.2 Å². The number of hydrogen-bond acceptors (Lipinski definition) is 2. The maximum atomic E-state index is 4.65. The molecular weight excluding hydrogens is 311 g/mol. The van der Waals surface area contributed by atoms with Crippen LogP contribution in [0.1, 0.15) is 18.2 Å². The molecule has 0 saturated carbocycles. The summed E-state index contributed by atoms with van der Waals surface area (Å²) in [6, 6.07) is 6.37. The van der Waals surface area contributed by atoms with Gasteiger partial charge in [0.15, 0.2) is 0 Å². The maximum absolute atomic E-state index is 4.65. The number of hydrogen-bond donors (Lipinski definition) is 1. The molecule has 0 aliphatic carbocycles. The average molecular weight is 326 g/mol. The van der Waals surface area contributed by atoms with E-state index in [0.29, 0.717) is 0 Å². The Balaban J connectivity index is 2.86. The van der Waals surface area contributed by atoms with Gasteiger partial charge in [0.25, 0.3) is 0 Å². The summed E-state index contributed by atoms with van der Waals surface area (Å²) in [6.45, 7) is 4.25. The molecule has 0 saturated heterocycles. The minimum atomic E-state index is 1.01. The quantitative estimate of drug-likeness (QED) is 0.850. The van der Waals surface area contributed by atoms with E-state index in [0.717, 1.165) is 17.6 Å². The highest BCUT2D eigenvalue weighted by Gasteiger charge is 2.10. The van der Waals surface area contributed by atoms with E-state index < -0.39 is 0 Å². The zero-order valence-corrected chi connectivity index (χ0v) is 11.9. The molecule has 0 radical (unpaired) electrons. The van der Waals surface area contributed by atoms with Crippen molar-refractivity contribution in [3.63, 3.8) is 0 Å². The minimum absolute atomic E-state index is 1.01. The fourth-order valence-corrected chi connectivity index (χ4v) is 2.61. The van der Waals surface area contributed by atoms with Crippen LogP contribution in [0.25, 0.3) is 10.9 Å². The smallest absolute Gasteiger partial charge is 0.0726 e. The number of pyridine rings is 1. The number of fused-ring (bicyclic) bond motifs is 1. The summed E-state index contributed by atoms with van der Waals surface area (Å²) >= 11 is 2.34. The van der Waals surface area contributed by atoms with Crippen LogP contribution in [0.15, 0.2) is 18.2 Å². The first-order chi connectivity index (χ1) is 7.67. The molecule has 16 heavy (non-hydrogen) atoms. The van der Waals surface area contributed by atoms with Crippen LogP contribution in [0, 0.1) is 10.5 Å². The van der Waals surface area contributed by atoms with Crippen molar-refractivity contribution in [2.24, 2.45) is 0 Å². The molecule has 1 aromatic carbocycles. The van der Waals surface area contributed by atoms with Crippen molar-refractivity contribution in [3.8, 4) is 0 Å². The number of benzene rings is 1. The molecule has 84 valence electrons. The molecule has 3 heteroatoms. The third kappa shape index (κ3) is 1.88. The molecule has 1 aromatic heterocycles. The normalized spacial score (nSPS) is 10.8. The van der Waals surface area contributed by atoms with Crippen molar-refractivity contribution < 1.29 is 0 Å². The minimum Gasteiger partial charge on any atom is -0.387 e. The van der Waals surface area contributed by atoms with Crippen LogP contribution in [0.2, 0.25) is 0 Å². The van der Waals surface area contributed by atoms with Crippen molar-refractivity contribution in [1.29, 1.82) is 0 Å². The standard InChI is InChI=1S/C13H15IN2/c1-4-10-8(2)16-12-6-5-9(14)7-11(12)13(10)15-3/h5-7H,4H2,1-3H3,(H,15,16). The van der Waals surface area contributed by atoms with Crippen LogP contribution in [-0.4, -0.2) is 12.0 Å². The lowest BCUT2D eigenvalue weighted by Crippen LogP contribution is -2.01. The van der Waals surface area contributed by atoms with Gasteiger partial charge in [-0.1, -0.05) is 6.92 Å². The van der Waals surface area contributed by atoms with Crippen molar-refractivity contribution in [2.75, 3.05) is 12.4 Å². The number of nitrogens with zero attached hydrogens (tertiary/aromatic N) is 1. The molecule has 0 aliphatic heterocycles. The SMILES string of the molecule is CCc1c(C)nc2ccc(I)cc2c1NC. The van der Waals surface area contributed by atoms with Crippen LogP contribution >= 0.6 is 22.6 Å². The molecule has 2 rings (SSSR count). The van der Waals surface area contributed by atoms with Gasteiger partial charge in [-0.25, -0.2) is 0 Å². The maximum Gasteiger partial charge on any atom is 0.0726 e. The van der Waals surface area contributed by atoms with Crippen molar-refractivity contribution in [2.45, 2.75) is 20.3 Å². The molecule has 0 atom stereocenters. The Morgan fingerprint density at radius 3 is 2.75 bits per heavy atom. The van der Waals surface area contributed by atoms with Crippen molar-refractivity contribution in [3.05, 3.63) is 33.0 Å². The monoisotopic (exact) mass is 326 g/mol. The number of nitrogens with one attached hydrogen (secondary N) is 1. The van der Waals surface area contributed by atoms with Crippen molar-refractivity contribution in [1.82, 2.24) is 4.98 Å². The van der Waals surface area contributed by atoms with Crippen LogP contribution in [0.3, 0.4) is 0 Å². The zero-order chi connectivity index (χ0) is 11.7. The number of aromatic nitrogens is 1. The fourth-order valence-electron chi connectivity index (χ4n) is 2.12. The number of rotatable bonds is 2. The number of anilines is 1. The van der Waals surface area contributed by atoms with Gasteiger partial charge in [0.05, 0.1) is 5.52 Å². The lowest BCUT2D eigenvalue weighted by atomic mass is 10.0. The molecule has 0 spiro atoms. The summed E-state index contributed by atoms with van der Waals surface area (Å²) in [4.78, 5) is 4.65. The predicted octanol–water partition coefficient (Wildman–Crippen LogP) is 3.75. The highest BCUT2D eigenvalue weighted by molar-refractivity contribution is 14.1. The predicted molar refractivity (Wildman–Crippen MR) is 78.1 cm³/mol. The first-order valence-corrected chi connectivity index (χ1v) is 6.51. The Hall–Kier alpha value is -0.840. The fraction of sp³-hybridized carbons (Fsp3) is 0.308. The third-order valence-corrected chi connectivity index (χ3v) is 3.53. The second-order valence-corrected chi connectivity index (χ2v) is 5.06. The van der Waals surface area contributed by atoms with Gasteiger partial charge >= 0.3 is 0 Å². The molecule has 0 bridgehead atoms. The first-order valence-electron chi connectivity index (χ1n) is 5.43. The molecular formula is C13H15IN2. The summed E-state index contributed by atoms with van der Waals surface area (Å²) in [6.07, 6.45) is 1.01. The van der Waals surface area contributed by atoms with Crippen LogP contribution in [0.4, 0.5) is 5.69 Å². The molecule has 2 nitrogen and oxygen atoms in total. The molecule has 1 N–H and O–H groups in total. The molecule has 0 amide bonds. The lowest BCUT2D eigenvalue weighted by Gasteiger charge is -2.13. The molecule has 0 aliphatic rings. The van der Waals surface area contributed by atoms with E-state index in [1.54, 1.807) is 0 Å². The summed E-state index contributed by atoms with van der Waals surface area (Å²) in [5.41, 5.74) is 4.74. The number of aryl methyl sites for hydroxylation is 1. The zero-order valence-electron chi connectivity index (χ0n) is 9.76. The van der Waals surface area contributed by atoms with E-state index in [4.69, 9.17) is 0 Å². The Bertz CT molecular complexity index is 535. The Labute approximate surface area is 110 Å². The molecule has 0 fully saturated rings.